The Labute approximate surface area is 141 Å². The fraction of sp³-hybridized carbons (Fsp3) is 0.588. The van der Waals surface area contributed by atoms with Crippen molar-refractivity contribution in [3.8, 4) is 0 Å². The minimum Gasteiger partial charge on any atom is -0.373 e. The molecule has 7 nitrogen and oxygen atoms in total. The Morgan fingerprint density at radius 1 is 1.38 bits per heavy atom. The van der Waals surface area contributed by atoms with Gasteiger partial charge in [-0.1, -0.05) is 6.07 Å². The van der Waals surface area contributed by atoms with Gasteiger partial charge < -0.3 is 20.3 Å². The van der Waals surface area contributed by atoms with Crippen LogP contribution in [0.3, 0.4) is 0 Å². The normalized spacial score (nSPS) is 27.6. The summed E-state index contributed by atoms with van der Waals surface area (Å²) in [5.41, 5.74) is 1.02. The predicted molar refractivity (Wildman–Crippen MR) is 88.3 cm³/mol. The fourth-order valence-electron chi connectivity index (χ4n) is 3.28. The van der Waals surface area contributed by atoms with E-state index in [0.717, 1.165) is 24.9 Å². The number of pyridine rings is 1. The first kappa shape index (κ1) is 16.7. The number of amides is 3. The number of urea groups is 1. The van der Waals surface area contributed by atoms with E-state index < -0.39 is 6.04 Å². The van der Waals surface area contributed by atoms with Crippen molar-refractivity contribution in [2.45, 2.75) is 43.9 Å². The fourth-order valence-corrected chi connectivity index (χ4v) is 3.28. The topological polar surface area (TPSA) is 83.6 Å². The van der Waals surface area contributed by atoms with E-state index in [0.29, 0.717) is 19.4 Å². The molecule has 0 saturated carbocycles. The predicted octanol–water partition coefficient (Wildman–Crippen LogP) is 1.22. The van der Waals surface area contributed by atoms with E-state index in [9.17, 15) is 9.59 Å². The second-order valence-corrected chi connectivity index (χ2v) is 6.44. The number of aromatic nitrogens is 1. The van der Waals surface area contributed by atoms with Crippen molar-refractivity contribution in [2.75, 3.05) is 20.2 Å². The van der Waals surface area contributed by atoms with Crippen molar-refractivity contribution in [3.63, 3.8) is 0 Å². The summed E-state index contributed by atoms with van der Waals surface area (Å²) >= 11 is 0. The minimum atomic E-state index is -0.419. The van der Waals surface area contributed by atoms with Gasteiger partial charge in [0, 0.05) is 38.6 Å². The van der Waals surface area contributed by atoms with Gasteiger partial charge in [0.25, 0.3) is 0 Å². The summed E-state index contributed by atoms with van der Waals surface area (Å²) in [7, 11) is 1.77. The van der Waals surface area contributed by atoms with Crippen molar-refractivity contribution in [2.24, 2.45) is 0 Å². The standard InChI is InChI=1S/C17H24N4O3/c1-21-8-3-5-14(16(21)22)20-17(23)19-13-6-9-24-15(10-13)12-4-2-7-18-11-12/h2,4,7,11,13-15H,3,5-6,8-10H2,1H3,(H2,19,20,23). The molecule has 2 N–H and O–H groups in total. The zero-order chi connectivity index (χ0) is 16.9. The molecular formula is C17H24N4O3. The van der Waals surface area contributed by atoms with E-state index >= 15 is 0 Å². The molecule has 3 heterocycles. The molecule has 0 radical (unpaired) electrons. The van der Waals surface area contributed by atoms with Crippen molar-refractivity contribution >= 4 is 11.9 Å². The Bertz CT molecular complexity index is 580. The van der Waals surface area contributed by atoms with Gasteiger partial charge in [-0.3, -0.25) is 9.78 Å². The third-order valence-corrected chi connectivity index (χ3v) is 4.64. The van der Waals surface area contributed by atoms with Gasteiger partial charge in [0.2, 0.25) is 5.91 Å². The maximum atomic E-state index is 12.2. The number of carbonyl (C=O) groups excluding carboxylic acids is 2. The highest BCUT2D eigenvalue weighted by Crippen LogP contribution is 2.27. The van der Waals surface area contributed by atoms with E-state index in [2.05, 4.69) is 15.6 Å². The molecule has 1 aromatic rings. The first-order chi connectivity index (χ1) is 11.6. The average Bonchev–Trinajstić information content (AvgIpc) is 2.60. The molecule has 0 bridgehead atoms. The van der Waals surface area contributed by atoms with E-state index in [4.69, 9.17) is 4.74 Å². The number of hydrogen-bond donors (Lipinski definition) is 2. The highest BCUT2D eigenvalue weighted by Gasteiger charge is 2.29. The Kier molecular flexibility index (Phi) is 5.30. The van der Waals surface area contributed by atoms with Gasteiger partial charge in [-0.15, -0.1) is 0 Å². The summed E-state index contributed by atoms with van der Waals surface area (Å²) in [6, 6.07) is 3.20. The number of rotatable bonds is 3. The van der Waals surface area contributed by atoms with Crippen LogP contribution in [0.25, 0.3) is 0 Å². The van der Waals surface area contributed by atoms with Gasteiger partial charge >= 0.3 is 6.03 Å². The molecule has 2 aliphatic heterocycles. The molecule has 3 amide bonds. The van der Waals surface area contributed by atoms with E-state index in [1.807, 2.05) is 12.1 Å². The van der Waals surface area contributed by atoms with Crippen LogP contribution in [0.5, 0.6) is 0 Å². The molecular weight excluding hydrogens is 308 g/mol. The number of nitrogens with one attached hydrogen (secondary N) is 2. The summed E-state index contributed by atoms with van der Waals surface area (Å²) in [6.07, 6.45) is 6.55. The van der Waals surface area contributed by atoms with Gasteiger partial charge in [0.15, 0.2) is 0 Å². The summed E-state index contributed by atoms with van der Waals surface area (Å²) in [5, 5.41) is 5.79. The van der Waals surface area contributed by atoms with E-state index in [1.54, 1.807) is 24.3 Å². The number of ether oxygens (including phenoxy) is 1. The van der Waals surface area contributed by atoms with Crippen LogP contribution >= 0.6 is 0 Å². The summed E-state index contributed by atoms with van der Waals surface area (Å²) in [4.78, 5) is 30.1. The Balaban J connectivity index is 1.52. The first-order valence-corrected chi connectivity index (χ1v) is 8.47. The van der Waals surface area contributed by atoms with Crippen molar-refractivity contribution < 1.29 is 14.3 Å². The van der Waals surface area contributed by atoms with Crippen LogP contribution in [-0.2, 0) is 9.53 Å². The number of likely N-dealkylation sites (tertiary alicyclic amines) is 1. The summed E-state index contributed by atoms with van der Waals surface area (Å²) in [5.74, 6) is -0.0170. The maximum Gasteiger partial charge on any atom is 0.315 e. The number of nitrogens with zero attached hydrogens (tertiary/aromatic N) is 2. The second-order valence-electron chi connectivity index (χ2n) is 6.44. The molecule has 3 rings (SSSR count). The second kappa shape index (κ2) is 7.61. The number of likely N-dealkylation sites (N-methyl/N-ethyl adjacent to an activating group) is 1. The summed E-state index contributed by atoms with van der Waals surface area (Å²) in [6.45, 7) is 1.35. The quantitative estimate of drug-likeness (QED) is 0.872. The molecule has 3 unspecified atom stereocenters. The van der Waals surface area contributed by atoms with E-state index in [1.165, 1.54) is 0 Å². The van der Waals surface area contributed by atoms with Crippen LogP contribution in [0, 0.1) is 0 Å². The van der Waals surface area contributed by atoms with Crippen LogP contribution in [0.1, 0.15) is 37.4 Å². The molecule has 3 atom stereocenters. The molecule has 2 saturated heterocycles. The van der Waals surface area contributed by atoms with Crippen molar-refractivity contribution in [1.29, 1.82) is 0 Å². The SMILES string of the molecule is CN1CCCC(NC(=O)NC2CCOC(c3cccnc3)C2)C1=O. The van der Waals surface area contributed by atoms with Crippen molar-refractivity contribution in [3.05, 3.63) is 30.1 Å². The third kappa shape index (κ3) is 4.03. The molecule has 0 aromatic carbocycles. The average molecular weight is 332 g/mol. The van der Waals surface area contributed by atoms with Gasteiger partial charge in [-0.05, 0) is 37.3 Å². The lowest BCUT2D eigenvalue weighted by Gasteiger charge is -2.32. The van der Waals surface area contributed by atoms with Crippen LogP contribution in [-0.4, -0.2) is 54.1 Å². The number of hydrogen-bond acceptors (Lipinski definition) is 4. The zero-order valence-electron chi connectivity index (χ0n) is 13.9. The van der Waals surface area contributed by atoms with Crippen LogP contribution < -0.4 is 10.6 Å². The lowest BCUT2D eigenvalue weighted by Crippen LogP contribution is -2.55. The molecule has 0 aliphatic carbocycles. The highest BCUT2D eigenvalue weighted by molar-refractivity contribution is 5.87. The molecule has 2 aliphatic rings. The molecule has 2 fully saturated rings. The van der Waals surface area contributed by atoms with Gasteiger partial charge in [0.05, 0.1) is 6.10 Å². The Morgan fingerprint density at radius 2 is 2.25 bits per heavy atom. The monoisotopic (exact) mass is 332 g/mol. The van der Waals surface area contributed by atoms with Crippen LogP contribution in [0.15, 0.2) is 24.5 Å². The molecule has 130 valence electrons. The molecule has 1 aromatic heterocycles. The highest BCUT2D eigenvalue weighted by atomic mass is 16.5. The van der Waals surface area contributed by atoms with E-state index in [-0.39, 0.29) is 24.1 Å². The van der Waals surface area contributed by atoms with Gasteiger partial charge in [-0.2, -0.15) is 0 Å². The van der Waals surface area contributed by atoms with Gasteiger partial charge in [0.1, 0.15) is 6.04 Å². The zero-order valence-corrected chi connectivity index (χ0v) is 13.9. The molecule has 24 heavy (non-hydrogen) atoms. The van der Waals surface area contributed by atoms with Gasteiger partial charge in [-0.25, -0.2) is 4.79 Å². The largest absolute Gasteiger partial charge is 0.373 e. The maximum absolute atomic E-state index is 12.2. The Morgan fingerprint density at radius 3 is 3.04 bits per heavy atom. The van der Waals surface area contributed by atoms with Crippen LogP contribution in [0.2, 0.25) is 0 Å². The minimum absolute atomic E-state index is 0.0170. The van der Waals surface area contributed by atoms with Crippen molar-refractivity contribution in [1.82, 2.24) is 20.5 Å². The summed E-state index contributed by atoms with van der Waals surface area (Å²) < 4.78 is 5.78. The van der Waals surface area contributed by atoms with Crippen LogP contribution in [0.4, 0.5) is 4.79 Å². The first-order valence-electron chi connectivity index (χ1n) is 8.47. The number of carbonyl (C=O) groups is 2. The lowest BCUT2D eigenvalue weighted by molar-refractivity contribution is -0.134. The lowest BCUT2D eigenvalue weighted by atomic mass is 9.98. The molecule has 7 heteroatoms. The third-order valence-electron chi connectivity index (χ3n) is 4.64. The molecule has 0 spiro atoms. The number of piperidine rings is 1. The Hall–Kier alpha value is -2.15. The smallest absolute Gasteiger partial charge is 0.315 e.